The first-order valence-corrected chi connectivity index (χ1v) is 10.2. The van der Waals surface area contributed by atoms with Crippen molar-refractivity contribution in [1.82, 2.24) is 15.5 Å². The van der Waals surface area contributed by atoms with E-state index in [2.05, 4.69) is 17.6 Å². The van der Waals surface area contributed by atoms with Crippen molar-refractivity contribution in [3.05, 3.63) is 0 Å². The van der Waals surface area contributed by atoms with Gasteiger partial charge in [-0.1, -0.05) is 40.0 Å². The number of unbranched alkanes of at least 4 members (excludes halogenated alkanes) is 2. The highest BCUT2D eigenvalue weighted by Crippen LogP contribution is 2.14. The monoisotopic (exact) mass is 399 g/mol. The molecular formula is C20H37N3O5. The largest absolute Gasteiger partial charge is 0.481 e. The predicted molar refractivity (Wildman–Crippen MR) is 108 cm³/mol. The van der Waals surface area contributed by atoms with Gasteiger partial charge in [0.05, 0.1) is 5.92 Å². The lowest BCUT2D eigenvalue weighted by Gasteiger charge is -2.32. The van der Waals surface area contributed by atoms with Crippen LogP contribution in [-0.4, -0.2) is 58.9 Å². The van der Waals surface area contributed by atoms with Crippen LogP contribution in [-0.2, 0) is 19.2 Å². The summed E-state index contributed by atoms with van der Waals surface area (Å²) in [6.45, 7) is 11.0. The zero-order valence-corrected chi connectivity index (χ0v) is 18.1. The van der Waals surface area contributed by atoms with Crippen LogP contribution < -0.4 is 10.6 Å². The molecule has 4 atom stereocenters. The summed E-state index contributed by atoms with van der Waals surface area (Å²) in [5.41, 5.74) is 0. The highest BCUT2D eigenvalue weighted by Gasteiger charge is 2.33. The summed E-state index contributed by atoms with van der Waals surface area (Å²) >= 11 is 0. The highest BCUT2D eigenvalue weighted by atomic mass is 16.4. The number of carbonyl (C=O) groups excluding carboxylic acids is 3. The summed E-state index contributed by atoms with van der Waals surface area (Å²) in [7, 11) is 0. The Labute approximate surface area is 168 Å². The van der Waals surface area contributed by atoms with Gasteiger partial charge in [0, 0.05) is 19.0 Å². The van der Waals surface area contributed by atoms with Crippen LogP contribution in [0.3, 0.4) is 0 Å². The number of carboxylic acid groups (broad SMARTS) is 1. The number of nitrogens with zero attached hydrogens (tertiary/aromatic N) is 1. The van der Waals surface area contributed by atoms with Crippen molar-refractivity contribution >= 4 is 23.7 Å². The summed E-state index contributed by atoms with van der Waals surface area (Å²) in [4.78, 5) is 50.3. The van der Waals surface area contributed by atoms with Gasteiger partial charge in [-0.15, -0.1) is 0 Å². The van der Waals surface area contributed by atoms with Crippen molar-refractivity contribution in [2.24, 2.45) is 11.8 Å². The number of carboxylic acids is 1. The average molecular weight is 400 g/mol. The van der Waals surface area contributed by atoms with Crippen LogP contribution in [0.4, 0.5) is 0 Å². The summed E-state index contributed by atoms with van der Waals surface area (Å²) in [6, 6.07) is -1.43. The zero-order valence-electron chi connectivity index (χ0n) is 18.1. The van der Waals surface area contributed by atoms with Crippen LogP contribution in [0.1, 0.15) is 67.2 Å². The molecule has 0 aromatic rings. The standard InChI is InChI=1S/C20H37N3O5/c1-7-10-11-12-16(18(25)21-8-2)23(9-3)19(26)15(6)22-17(24)13(4)14(5)20(27)28/h13-16H,7-12H2,1-6H3,(H,21,25)(H,22,24)(H,27,28). The first kappa shape index (κ1) is 25.9. The summed E-state index contributed by atoms with van der Waals surface area (Å²) < 4.78 is 0. The minimum atomic E-state index is -1.07. The zero-order chi connectivity index (χ0) is 21.9. The number of likely N-dealkylation sites (N-methyl/N-ethyl adjacent to an activating group) is 2. The van der Waals surface area contributed by atoms with E-state index in [0.717, 1.165) is 19.3 Å². The Bertz CT molecular complexity index is 538. The quantitative estimate of drug-likeness (QED) is 0.408. The van der Waals surface area contributed by atoms with Crippen molar-refractivity contribution in [1.29, 1.82) is 0 Å². The first-order chi connectivity index (χ1) is 13.1. The summed E-state index contributed by atoms with van der Waals surface area (Å²) in [5, 5.41) is 14.4. The molecule has 0 bridgehead atoms. The van der Waals surface area contributed by atoms with Gasteiger partial charge in [0.1, 0.15) is 12.1 Å². The smallest absolute Gasteiger partial charge is 0.307 e. The molecule has 162 valence electrons. The van der Waals surface area contributed by atoms with Gasteiger partial charge >= 0.3 is 5.97 Å². The van der Waals surface area contributed by atoms with E-state index in [0.29, 0.717) is 19.5 Å². The van der Waals surface area contributed by atoms with Crippen molar-refractivity contribution in [3.8, 4) is 0 Å². The van der Waals surface area contributed by atoms with Gasteiger partial charge in [-0.25, -0.2) is 0 Å². The topological polar surface area (TPSA) is 116 Å². The molecule has 0 saturated carbocycles. The molecule has 0 aliphatic heterocycles. The fourth-order valence-electron chi connectivity index (χ4n) is 2.93. The van der Waals surface area contributed by atoms with E-state index < -0.39 is 35.8 Å². The highest BCUT2D eigenvalue weighted by molar-refractivity contribution is 5.93. The third kappa shape index (κ3) is 7.86. The number of aliphatic carboxylic acids is 1. The lowest BCUT2D eigenvalue weighted by molar-refractivity contribution is -0.147. The second-order valence-corrected chi connectivity index (χ2v) is 7.18. The van der Waals surface area contributed by atoms with Crippen molar-refractivity contribution in [3.63, 3.8) is 0 Å². The molecule has 8 heteroatoms. The number of hydrogen-bond donors (Lipinski definition) is 3. The van der Waals surface area contributed by atoms with E-state index in [1.54, 1.807) is 13.8 Å². The molecule has 0 aliphatic rings. The Morgan fingerprint density at radius 1 is 0.929 bits per heavy atom. The SMILES string of the molecule is CCCCCC(C(=O)NCC)N(CC)C(=O)C(C)NC(=O)C(C)C(C)C(=O)O. The van der Waals surface area contributed by atoms with Gasteiger partial charge in [-0.05, 0) is 27.2 Å². The fourth-order valence-corrected chi connectivity index (χ4v) is 2.93. The Balaban J connectivity index is 5.23. The molecule has 0 rings (SSSR count). The lowest BCUT2D eigenvalue weighted by Crippen LogP contribution is -2.55. The van der Waals surface area contributed by atoms with Crippen molar-refractivity contribution < 1.29 is 24.3 Å². The second kappa shape index (κ2) is 13.1. The third-order valence-corrected chi connectivity index (χ3v) is 5.02. The molecule has 0 saturated heterocycles. The molecule has 0 radical (unpaired) electrons. The minimum Gasteiger partial charge on any atom is -0.481 e. The molecule has 28 heavy (non-hydrogen) atoms. The molecule has 0 aromatic heterocycles. The van der Waals surface area contributed by atoms with E-state index >= 15 is 0 Å². The summed E-state index contributed by atoms with van der Waals surface area (Å²) in [6.07, 6.45) is 3.37. The molecular weight excluding hydrogens is 362 g/mol. The van der Waals surface area contributed by atoms with Gasteiger partial charge in [-0.2, -0.15) is 0 Å². The molecule has 8 nitrogen and oxygen atoms in total. The fraction of sp³-hybridized carbons (Fsp3) is 0.800. The number of nitrogens with one attached hydrogen (secondary N) is 2. The van der Waals surface area contributed by atoms with Crippen LogP contribution in [0.15, 0.2) is 0 Å². The molecule has 4 unspecified atom stereocenters. The Hall–Kier alpha value is -2.12. The third-order valence-electron chi connectivity index (χ3n) is 5.02. The van der Waals surface area contributed by atoms with E-state index in [4.69, 9.17) is 5.11 Å². The minimum absolute atomic E-state index is 0.194. The Kier molecular flexibility index (Phi) is 12.1. The van der Waals surface area contributed by atoms with Gasteiger partial charge in [0.25, 0.3) is 0 Å². The maximum atomic E-state index is 12.9. The second-order valence-electron chi connectivity index (χ2n) is 7.18. The van der Waals surface area contributed by atoms with Crippen LogP contribution in [0, 0.1) is 11.8 Å². The maximum Gasteiger partial charge on any atom is 0.307 e. The normalized spacial score (nSPS) is 15.1. The summed E-state index contributed by atoms with van der Waals surface area (Å²) in [5.74, 6) is -3.73. The molecule has 0 aliphatic carbocycles. The van der Waals surface area contributed by atoms with Gasteiger partial charge in [0.15, 0.2) is 0 Å². The molecule has 0 aromatic carbocycles. The molecule has 0 fully saturated rings. The van der Waals surface area contributed by atoms with E-state index in [-0.39, 0.29) is 11.8 Å². The maximum absolute atomic E-state index is 12.9. The van der Waals surface area contributed by atoms with Crippen molar-refractivity contribution in [2.75, 3.05) is 13.1 Å². The van der Waals surface area contributed by atoms with E-state index in [1.807, 2.05) is 6.92 Å². The van der Waals surface area contributed by atoms with E-state index in [9.17, 15) is 19.2 Å². The number of hydrogen-bond acceptors (Lipinski definition) is 4. The van der Waals surface area contributed by atoms with Crippen LogP contribution >= 0.6 is 0 Å². The van der Waals surface area contributed by atoms with Crippen molar-refractivity contribution in [2.45, 2.75) is 79.3 Å². The lowest BCUT2D eigenvalue weighted by atomic mass is 9.95. The number of amides is 3. The molecule has 0 heterocycles. The number of rotatable bonds is 13. The Morgan fingerprint density at radius 3 is 2.00 bits per heavy atom. The van der Waals surface area contributed by atoms with Crippen LogP contribution in [0.5, 0.6) is 0 Å². The van der Waals surface area contributed by atoms with Gasteiger partial charge in [0.2, 0.25) is 17.7 Å². The van der Waals surface area contributed by atoms with Gasteiger partial charge in [-0.3, -0.25) is 19.2 Å². The average Bonchev–Trinajstić information content (AvgIpc) is 2.65. The van der Waals surface area contributed by atoms with Gasteiger partial charge < -0.3 is 20.6 Å². The van der Waals surface area contributed by atoms with E-state index in [1.165, 1.54) is 18.7 Å². The van der Waals surface area contributed by atoms with Crippen LogP contribution in [0.25, 0.3) is 0 Å². The molecule has 3 N–H and O–H groups in total. The molecule has 0 spiro atoms. The number of carbonyl (C=O) groups is 4. The molecule has 3 amide bonds. The Morgan fingerprint density at radius 2 is 1.54 bits per heavy atom. The predicted octanol–water partition coefficient (Wildman–Crippen LogP) is 1.78. The van der Waals surface area contributed by atoms with Crippen LogP contribution in [0.2, 0.25) is 0 Å². The first-order valence-electron chi connectivity index (χ1n) is 10.2.